The van der Waals surface area contributed by atoms with Gasteiger partial charge in [-0.1, -0.05) is 86.0 Å². The van der Waals surface area contributed by atoms with E-state index in [2.05, 4.69) is 108 Å². The molecule has 208 valence electrons. The summed E-state index contributed by atoms with van der Waals surface area (Å²) in [6, 6.07) is 39.2. The van der Waals surface area contributed by atoms with Gasteiger partial charge in [-0.25, -0.2) is 0 Å². The lowest BCUT2D eigenvalue weighted by Gasteiger charge is -2.57. The van der Waals surface area contributed by atoms with Crippen LogP contribution >= 0.6 is 0 Å². The summed E-state index contributed by atoms with van der Waals surface area (Å²) in [5.41, 5.74) is 9.82. The summed E-state index contributed by atoms with van der Waals surface area (Å²) in [4.78, 5) is 2.46. The van der Waals surface area contributed by atoms with Crippen molar-refractivity contribution in [3.05, 3.63) is 114 Å². The van der Waals surface area contributed by atoms with Gasteiger partial charge in [0.25, 0.3) is 0 Å². The molecule has 0 saturated heterocycles. The van der Waals surface area contributed by atoms with Gasteiger partial charge in [-0.3, -0.25) is 0 Å². The quantitative estimate of drug-likeness (QED) is 0.236. The van der Waals surface area contributed by atoms with Crippen molar-refractivity contribution in [3.63, 3.8) is 0 Å². The van der Waals surface area contributed by atoms with Gasteiger partial charge in [0.1, 0.15) is 0 Å². The van der Waals surface area contributed by atoms with Gasteiger partial charge in [0.05, 0.1) is 0 Å². The van der Waals surface area contributed by atoms with Gasteiger partial charge in [0.2, 0.25) is 0 Å². The van der Waals surface area contributed by atoms with Crippen LogP contribution in [-0.4, -0.2) is 0 Å². The predicted octanol–water partition coefficient (Wildman–Crippen LogP) is 11.3. The molecule has 5 saturated carbocycles. The van der Waals surface area contributed by atoms with Gasteiger partial charge in [0.15, 0.2) is 0 Å². The average molecular weight is 538 g/mol. The Kier molecular flexibility index (Phi) is 6.50. The Morgan fingerprint density at radius 1 is 0.488 bits per heavy atom. The van der Waals surface area contributed by atoms with E-state index in [4.69, 9.17) is 0 Å². The largest absolute Gasteiger partial charge is 0.311 e. The van der Waals surface area contributed by atoms with Crippen LogP contribution in [-0.2, 0) is 5.41 Å². The number of nitrogens with zero attached hydrogens (tertiary/aromatic N) is 1. The molecule has 0 aromatic heterocycles. The van der Waals surface area contributed by atoms with Gasteiger partial charge in [0, 0.05) is 17.1 Å². The van der Waals surface area contributed by atoms with E-state index in [0.717, 1.165) is 23.7 Å². The molecule has 0 unspecified atom stereocenters. The Morgan fingerprint density at radius 2 is 0.976 bits per heavy atom. The second-order valence-electron chi connectivity index (χ2n) is 13.9. The van der Waals surface area contributed by atoms with Gasteiger partial charge >= 0.3 is 0 Å². The van der Waals surface area contributed by atoms with Crippen LogP contribution in [0.3, 0.4) is 0 Å². The summed E-state index contributed by atoms with van der Waals surface area (Å²) in [6.45, 7) is 0. The van der Waals surface area contributed by atoms with Crippen LogP contribution in [0.2, 0.25) is 0 Å². The Balaban J connectivity index is 1.13. The highest BCUT2D eigenvalue weighted by Gasteiger charge is 2.51. The van der Waals surface area contributed by atoms with Crippen molar-refractivity contribution < 1.29 is 0 Å². The molecule has 1 nitrogen and oxygen atoms in total. The first kappa shape index (κ1) is 25.4. The summed E-state index contributed by atoms with van der Waals surface area (Å²) in [7, 11) is 0. The third kappa shape index (κ3) is 4.82. The molecule has 1 heteroatoms. The fourth-order valence-corrected chi connectivity index (χ4v) is 9.64. The third-order valence-corrected chi connectivity index (χ3v) is 11.2. The Hall–Kier alpha value is -3.32. The summed E-state index contributed by atoms with van der Waals surface area (Å²) in [6.07, 6.45) is 15.6. The Labute approximate surface area is 246 Å². The van der Waals surface area contributed by atoms with Crippen molar-refractivity contribution in [1.82, 2.24) is 0 Å². The smallest absolute Gasteiger partial charge is 0.0462 e. The van der Waals surface area contributed by atoms with E-state index in [-0.39, 0.29) is 0 Å². The lowest BCUT2D eigenvalue weighted by molar-refractivity contribution is -0.00518. The monoisotopic (exact) mass is 537 g/mol. The first-order valence-corrected chi connectivity index (χ1v) is 16.4. The van der Waals surface area contributed by atoms with Crippen molar-refractivity contribution >= 4 is 17.1 Å². The molecule has 0 spiro atoms. The third-order valence-electron chi connectivity index (χ3n) is 11.2. The molecule has 5 aliphatic carbocycles. The first-order chi connectivity index (χ1) is 20.2. The predicted molar refractivity (Wildman–Crippen MR) is 172 cm³/mol. The normalized spacial score (nSPS) is 27.2. The number of anilines is 3. The van der Waals surface area contributed by atoms with E-state index < -0.39 is 0 Å². The maximum atomic E-state index is 2.49. The van der Waals surface area contributed by atoms with Crippen LogP contribution in [0.1, 0.15) is 87.7 Å². The average Bonchev–Trinajstić information content (AvgIpc) is 3.02. The fraction of sp³-hybridized carbons (Fsp3) is 0.400. The Morgan fingerprint density at radius 3 is 1.54 bits per heavy atom. The molecule has 4 bridgehead atoms. The molecule has 9 rings (SSSR count). The van der Waals surface area contributed by atoms with E-state index in [1.54, 1.807) is 5.56 Å². The van der Waals surface area contributed by atoms with Crippen LogP contribution in [0.5, 0.6) is 0 Å². The number of rotatable bonds is 6. The molecule has 0 aliphatic heterocycles. The minimum Gasteiger partial charge on any atom is -0.311 e. The van der Waals surface area contributed by atoms with Crippen molar-refractivity contribution in [2.24, 2.45) is 17.8 Å². The van der Waals surface area contributed by atoms with Gasteiger partial charge in [-0.05, 0) is 139 Å². The van der Waals surface area contributed by atoms with Crippen molar-refractivity contribution in [3.8, 4) is 11.1 Å². The van der Waals surface area contributed by atoms with Gasteiger partial charge in [-0.2, -0.15) is 0 Å². The number of benzene rings is 4. The highest BCUT2D eigenvalue weighted by Crippen LogP contribution is 2.60. The van der Waals surface area contributed by atoms with Crippen molar-refractivity contribution in [1.29, 1.82) is 0 Å². The fourth-order valence-electron chi connectivity index (χ4n) is 9.64. The molecule has 5 fully saturated rings. The van der Waals surface area contributed by atoms with Crippen LogP contribution in [0.15, 0.2) is 103 Å². The zero-order valence-electron chi connectivity index (χ0n) is 24.3. The van der Waals surface area contributed by atoms with E-state index in [9.17, 15) is 0 Å². The number of hydrogen-bond donors (Lipinski definition) is 0. The highest BCUT2D eigenvalue weighted by atomic mass is 15.1. The molecule has 5 aliphatic rings. The van der Waals surface area contributed by atoms with Crippen molar-refractivity contribution in [2.75, 3.05) is 4.90 Å². The number of hydrogen-bond acceptors (Lipinski definition) is 1. The second kappa shape index (κ2) is 10.5. The molecule has 4 aromatic carbocycles. The SMILES string of the molecule is c1ccc(-c2ccc(N(c3ccc(C4CCCCC4)cc3)c3ccc(C45CC6CC(CC(C6)C4)C5)cc3)cc2)cc1. The molecular formula is C40H43N. The summed E-state index contributed by atoms with van der Waals surface area (Å²) in [5, 5.41) is 0. The molecule has 0 N–H and O–H groups in total. The minimum atomic E-state index is 0.442. The Bertz CT molecular complexity index is 1420. The molecule has 0 atom stereocenters. The van der Waals surface area contributed by atoms with E-state index in [0.29, 0.717) is 5.41 Å². The van der Waals surface area contributed by atoms with Crippen LogP contribution in [0.4, 0.5) is 17.1 Å². The van der Waals surface area contributed by atoms with Crippen LogP contribution in [0, 0.1) is 17.8 Å². The molecule has 0 amide bonds. The van der Waals surface area contributed by atoms with Gasteiger partial charge in [-0.15, -0.1) is 0 Å². The molecule has 41 heavy (non-hydrogen) atoms. The van der Waals surface area contributed by atoms with Crippen molar-refractivity contribution in [2.45, 2.75) is 82.0 Å². The topological polar surface area (TPSA) is 3.24 Å². The lowest BCUT2D eigenvalue weighted by atomic mass is 9.48. The molecule has 4 aromatic rings. The summed E-state index contributed by atoms with van der Waals surface area (Å²) >= 11 is 0. The van der Waals surface area contributed by atoms with E-state index in [1.165, 1.54) is 104 Å². The summed E-state index contributed by atoms with van der Waals surface area (Å²) in [5.74, 6) is 3.66. The first-order valence-electron chi connectivity index (χ1n) is 16.4. The summed E-state index contributed by atoms with van der Waals surface area (Å²) < 4.78 is 0. The molecule has 0 heterocycles. The molecular weight excluding hydrogens is 494 g/mol. The second-order valence-corrected chi connectivity index (χ2v) is 13.9. The zero-order chi connectivity index (χ0) is 27.2. The van der Waals surface area contributed by atoms with Crippen LogP contribution < -0.4 is 4.90 Å². The van der Waals surface area contributed by atoms with E-state index in [1.807, 2.05) is 0 Å². The van der Waals surface area contributed by atoms with E-state index >= 15 is 0 Å². The van der Waals surface area contributed by atoms with Crippen LogP contribution in [0.25, 0.3) is 11.1 Å². The maximum absolute atomic E-state index is 2.49. The standard InChI is InChI=1S/C40H43N/c1-3-7-32(8-4-1)34-11-17-37(18-12-34)41(38-19-13-35(14-20-38)33-9-5-2-6-10-33)39-21-15-36(16-22-39)40-26-29-23-30(27-40)25-31(24-29)28-40/h1,3-4,7-8,11-22,29-31,33H,2,5-6,9-10,23-28H2. The zero-order valence-corrected chi connectivity index (χ0v) is 24.3. The van der Waals surface area contributed by atoms with Gasteiger partial charge < -0.3 is 4.90 Å². The minimum absolute atomic E-state index is 0.442. The molecule has 0 radical (unpaired) electrons. The lowest BCUT2D eigenvalue weighted by Crippen LogP contribution is -2.48. The maximum Gasteiger partial charge on any atom is 0.0462 e. The highest BCUT2D eigenvalue weighted by molar-refractivity contribution is 5.78.